The zero-order chi connectivity index (χ0) is 19.2. The van der Waals surface area contributed by atoms with Gasteiger partial charge < -0.3 is 14.0 Å². The molecule has 140 valence electrons. The molecule has 0 saturated carbocycles. The van der Waals surface area contributed by atoms with E-state index in [1.54, 1.807) is 10.9 Å². The van der Waals surface area contributed by atoms with Crippen LogP contribution >= 0.6 is 0 Å². The maximum Gasteiger partial charge on any atom is 0.356 e. The highest BCUT2D eigenvalue weighted by molar-refractivity contribution is 5.88. The van der Waals surface area contributed by atoms with E-state index >= 15 is 0 Å². The average molecular weight is 358 g/mol. The van der Waals surface area contributed by atoms with Crippen LogP contribution in [0.5, 0.6) is 0 Å². The summed E-state index contributed by atoms with van der Waals surface area (Å²) in [5, 5.41) is 0. The van der Waals surface area contributed by atoms with Gasteiger partial charge in [0.2, 0.25) is 0 Å². The van der Waals surface area contributed by atoms with Gasteiger partial charge in [-0.3, -0.25) is 4.79 Å². The number of aromatic nitrogens is 2. The Balaban J connectivity index is 2.16. The Hall–Kier alpha value is -2.63. The van der Waals surface area contributed by atoms with E-state index in [1.807, 2.05) is 51.1 Å². The molecule has 6 nitrogen and oxygen atoms in total. The topological polar surface area (TPSA) is 70.4 Å². The number of imidazole rings is 1. The van der Waals surface area contributed by atoms with Crippen molar-refractivity contribution in [3.05, 3.63) is 54.1 Å². The van der Waals surface area contributed by atoms with E-state index in [4.69, 9.17) is 9.47 Å². The average Bonchev–Trinajstić information content (AvgIpc) is 3.18. The fourth-order valence-corrected chi connectivity index (χ4v) is 2.96. The molecule has 0 fully saturated rings. The number of benzene rings is 1. The summed E-state index contributed by atoms with van der Waals surface area (Å²) in [6.45, 7) is 5.74. The second kappa shape index (κ2) is 8.65. The summed E-state index contributed by atoms with van der Waals surface area (Å²) in [5.74, 6) is -0.859. The first-order chi connectivity index (χ1) is 12.5. The third-order valence-electron chi connectivity index (χ3n) is 5.03. The number of hydrogen-bond acceptors (Lipinski definition) is 5. The zero-order valence-corrected chi connectivity index (χ0v) is 15.8. The summed E-state index contributed by atoms with van der Waals surface area (Å²) in [6, 6.07) is 9.78. The molecule has 0 aliphatic carbocycles. The first kappa shape index (κ1) is 19.7. The number of rotatable bonds is 8. The number of carbonyl (C=O) groups is 2. The molecule has 0 unspecified atom stereocenters. The number of esters is 2. The highest BCUT2D eigenvalue weighted by atomic mass is 16.5. The lowest BCUT2D eigenvalue weighted by atomic mass is 9.83. The first-order valence-electron chi connectivity index (χ1n) is 8.81. The molecule has 1 heterocycles. The van der Waals surface area contributed by atoms with Crippen molar-refractivity contribution in [2.24, 2.45) is 5.41 Å². The van der Waals surface area contributed by atoms with E-state index in [9.17, 15) is 9.59 Å². The van der Waals surface area contributed by atoms with Crippen molar-refractivity contribution in [3.8, 4) is 0 Å². The van der Waals surface area contributed by atoms with Crippen LogP contribution in [0.3, 0.4) is 0 Å². The lowest BCUT2D eigenvalue weighted by Gasteiger charge is -2.27. The van der Waals surface area contributed by atoms with E-state index in [0.29, 0.717) is 18.5 Å². The van der Waals surface area contributed by atoms with Crippen LogP contribution < -0.4 is 0 Å². The molecular weight excluding hydrogens is 332 g/mol. The van der Waals surface area contributed by atoms with Gasteiger partial charge in [0.25, 0.3) is 0 Å². The van der Waals surface area contributed by atoms with Crippen LogP contribution in [0.1, 0.15) is 55.7 Å². The van der Waals surface area contributed by atoms with Gasteiger partial charge >= 0.3 is 11.9 Å². The smallest absolute Gasteiger partial charge is 0.356 e. The summed E-state index contributed by atoms with van der Waals surface area (Å²) in [5.41, 5.74) is 0.596. The van der Waals surface area contributed by atoms with Crippen molar-refractivity contribution >= 4 is 11.9 Å². The minimum Gasteiger partial charge on any atom is -0.468 e. The second-order valence-electron chi connectivity index (χ2n) is 6.33. The van der Waals surface area contributed by atoms with Gasteiger partial charge in [-0.1, -0.05) is 44.2 Å². The van der Waals surface area contributed by atoms with Crippen LogP contribution in [-0.2, 0) is 14.3 Å². The van der Waals surface area contributed by atoms with Crippen LogP contribution in [0, 0.1) is 5.41 Å². The lowest BCUT2D eigenvalue weighted by molar-refractivity contribution is -0.156. The minimum atomic E-state index is -0.819. The standard InChI is InChI=1S/C20H26N2O4/c1-5-20(6-2,19(24)25-4)13-26-18(23)17-12-21-14-22(17)15(3)16-10-8-7-9-11-16/h7-12,14-15H,5-6,13H2,1-4H3/t15-/m1/s1. The molecule has 6 heteroatoms. The summed E-state index contributed by atoms with van der Waals surface area (Å²) in [6.07, 6.45) is 4.16. The molecule has 0 radical (unpaired) electrons. The molecule has 2 aromatic rings. The molecule has 0 saturated heterocycles. The molecule has 0 spiro atoms. The molecule has 26 heavy (non-hydrogen) atoms. The maximum atomic E-state index is 12.6. The Morgan fingerprint density at radius 2 is 1.85 bits per heavy atom. The lowest BCUT2D eigenvalue weighted by Crippen LogP contribution is -2.37. The van der Waals surface area contributed by atoms with Crippen LogP contribution in [0.4, 0.5) is 0 Å². The number of nitrogens with zero attached hydrogens (tertiary/aromatic N) is 2. The van der Waals surface area contributed by atoms with Crippen molar-refractivity contribution in [1.82, 2.24) is 9.55 Å². The Kier molecular flexibility index (Phi) is 6.55. The summed E-state index contributed by atoms with van der Waals surface area (Å²) < 4.78 is 12.1. The molecule has 0 aliphatic rings. The number of hydrogen-bond donors (Lipinski definition) is 0. The van der Waals surface area contributed by atoms with Gasteiger partial charge in [0, 0.05) is 0 Å². The predicted molar refractivity (Wildman–Crippen MR) is 97.8 cm³/mol. The molecule has 0 bridgehead atoms. The van der Waals surface area contributed by atoms with Gasteiger partial charge in [0.15, 0.2) is 0 Å². The molecule has 2 rings (SSSR count). The Morgan fingerprint density at radius 1 is 1.19 bits per heavy atom. The van der Waals surface area contributed by atoms with E-state index in [2.05, 4.69) is 4.98 Å². The number of ether oxygens (including phenoxy) is 2. The van der Waals surface area contributed by atoms with Crippen molar-refractivity contribution in [3.63, 3.8) is 0 Å². The molecule has 0 N–H and O–H groups in total. The van der Waals surface area contributed by atoms with Gasteiger partial charge in [-0.15, -0.1) is 0 Å². The third-order valence-corrected chi connectivity index (χ3v) is 5.03. The highest BCUT2D eigenvalue weighted by Gasteiger charge is 2.38. The summed E-state index contributed by atoms with van der Waals surface area (Å²) >= 11 is 0. The SMILES string of the molecule is CCC(CC)(COC(=O)c1cncn1[C@H](C)c1ccccc1)C(=O)OC. The van der Waals surface area contributed by atoms with Crippen molar-refractivity contribution in [1.29, 1.82) is 0 Å². The Labute approximate surface area is 154 Å². The van der Waals surface area contributed by atoms with Crippen molar-refractivity contribution in [2.75, 3.05) is 13.7 Å². The summed E-state index contributed by atoms with van der Waals surface area (Å²) in [7, 11) is 1.35. The van der Waals surface area contributed by atoms with Crippen LogP contribution in [-0.4, -0.2) is 35.2 Å². The quantitative estimate of drug-likeness (QED) is 0.674. The van der Waals surface area contributed by atoms with E-state index in [0.717, 1.165) is 5.56 Å². The number of carbonyl (C=O) groups excluding carboxylic acids is 2. The number of methoxy groups -OCH3 is 1. The first-order valence-corrected chi connectivity index (χ1v) is 8.81. The normalized spacial score (nSPS) is 12.5. The van der Waals surface area contributed by atoms with Crippen LogP contribution in [0.2, 0.25) is 0 Å². The van der Waals surface area contributed by atoms with Gasteiger partial charge in [0.05, 0.1) is 25.7 Å². The zero-order valence-electron chi connectivity index (χ0n) is 15.8. The Bertz CT molecular complexity index is 735. The molecule has 0 aliphatic heterocycles. The van der Waals surface area contributed by atoms with Crippen LogP contribution in [0.25, 0.3) is 0 Å². The van der Waals surface area contributed by atoms with Gasteiger partial charge in [-0.05, 0) is 25.3 Å². The fraction of sp³-hybridized carbons (Fsp3) is 0.450. The van der Waals surface area contributed by atoms with Crippen LogP contribution in [0.15, 0.2) is 42.9 Å². The van der Waals surface area contributed by atoms with Gasteiger partial charge in [-0.2, -0.15) is 0 Å². The molecule has 1 aromatic heterocycles. The molecule has 1 atom stereocenters. The van der Waals surface area contributed by atoms with Gasteiger partial charge in [-0.25, -0.2) is 9.78 Å². The summed E-state index contributed by atoms with van der Waals surface area (Å²) in [4.78, 5) is 28.8. The van der Waals surface area contributed by atoms with E-state index in [-0.39, 0.29) is 18.6 Å². The monoisotopic (exact) mass is 358 g/mol. The predicted octanol–water partition coefficient (Wildman–Crippen LogP) is 3.63. The van der Waals surface area contributed by atoms with Crippen molar-refractivity contribution < 1.29 is 19.1 Å². The maximum absolute atomic E-state index is 12.6. The molecule has 0 amide bonds. The second-order valence-corrected chi connectivity index (χ2v) is 6.33. The minimum absolute atomic E-state index is 0.0175. The third kappa shape index (κ3) is 3.95. The molecule has 1 aromatic carbocycles. The van der Waals surface area contributed by atoms with Crippen molar-refractivity contribution in [2.45, 2.75) is 39.7 Å². The fourth-order valence-electron chi connectivity index (χ4n) is 2.96. The largest absolute Gasteiger partial charge is 0.468 e. The highest BCUT2D eigenvalue weighted by Crippen LogP contribution is 2.29. The van der Waals surface area contributed by atoms with E-state index in [1.165, 1.54) is 13.3 Å². The molecular formula is C20H26N2O4. The Morgan fingerprint density at radius 3 is 2.42 bits per heavy atom. The van der Waals surface area contributed by atoms with Gasteiger partial charge in [0.1, 0.15) is 17.7 Å². The van der Waals surface area contributed by atoms with E-state index < -0.39 is 11.4 Å².